The zero-order valence-corrected chi connectivity index (χ0v) is 14.9. The first-order valence-corrected chi connectivity index (χ1v) is 8.58. The predicted molar refractivity (Wildman–Crippen MR) is 92.6 cm³/mol. The van der Waals surface area contributed by atoms with Crippen molar-refractivity contribution in [3.8, 4) is 0 Å². The third kappa shape index (κ3) is 5.38. The first-order chi connectivity index (χ1) is 11.8. The Hall–Kier alpha value is -2.22. The predicted octanol–water partition coefficient (Wildman–Crippen LogP) is 0.636. The summed E-state index contributed by atoms with van der Waals surface area (Å²) in [6.45, 7) is 4.46. The lowest BCUT2D eigenvalue weighted by Gasteiger charge is -2.24. The summed E-state index contributed by atoms with van der Waals surface area (Å²) in [6, 6.07) is 1.70. The fraction of sp³-hybridized carbons (Fsp3) is 0.647. The highest BCUT2D eigenvalue weighted by Gasteiger charge is 2.31. The zero-order chi connectivity index (χ0) is 18.6. The van der Waals surface area contributed by atoms with Crippen molar-refractivity contribution in [3.63, 3.8) is 0 Å². The minimum Gasteiger partial charge on any atom is -0.481 e. The molecule has 2 rings (SSSR count). The Balaban J connectivity index is 1.95. The van der Waals surface area contributed by atoms with Crippen molar-refractivity contribution in [1.82, 2.24) is 20.2 Å². The molecule has 0 bridgehead atoms. The Morgan fingerprint density at radius 3 is 2.72 bits per heavy atom. The van der Waals surface area contributed by atoms with Gasteiger partial charge in [0.05, 0.1) is 6.42 Å². The van der Waals surface area contributed by atoms with E-state index in [0.29, 0.717) is 24.6 Å². The van der Waals surface area contributed by atoms with Crippen LogP contribution in [-0.4, -0.2) is 57.5 Å². The smallest absolute Gasteiger partial charge is 0.345 e. The number of likely N-dealkylation sites (tertiary alicyclic amines) is 1. The number of carboxylic acids is 1. The van der Waals surface area contributed by atoms with Gasteiger partial charge in [0.2, 0.25) is 0 Å². The van der Waals surface area contributed by atoms with E-state index in [1.807, 2.05) is 25.8 Å². The van der Waals surface area contributed by atoms with Gasteiger partial charge in [-0.3, -0.25) is 14.5 Å². The topological polar surface area (TPSA) is 115 Å². The molecule has 2 atom stereocenters. The maximum absolute atomic E-state index is 12.3. The van der Waals surface area contributed by atoms with Gasteiger partial charge in [-0.05, 0) is 38.3 Å². The third-order valence-corrected chi connectivity index (χ3v) is 4.55. The molecule has 1 aliphatic heterocycles. The molecule has 25 heavy (non-hydrogen) atoms. The molecule has 1 fully saturated rings. The number of amides is 1. The van der Waals surface area contributed by atoms with E-state index < -0.39 is 11.7 Å². The molecule has 0 radical (unpaired) electrons. The normalized spacial score (nSPS) is 20.8. The summed E-state index contributed by atoms with van der Waals surface area (Å²) in [4.78, 5) is 43.2. The SMILES string of the molecule is CC(C)Cc1cc(C(=O)NC[C@@H]2CC[C@H](CC(=O)O)N2C)nc(=O)[nH]1. The van der Waals surface area contributed by atoms with Crippen molar-refractivity contribution in [3.05, 3.63) is 27.9 Å². The number of likely N-dealkylation sites (N-methyl/N-ethyl adjacent to an activating group) is 1. The van der Waals surface area contributed by atoms with E-state index in [4.69, 9.17) is 5.11 Å². The molecule has 8 heteroatoms. The van der Waals surface area contributed by atoms with Crippen LogP contribution in [0, 0.1) is 5.92 Å². The van der Waals surface area contributed by atoms with Gasteiger partial charge >= 0.3 is 11.7 Å². The van der Waals surface area contributed by atoms with Crippen molar-refractivity contribution in [1.29, 1.82) is 0 Å². The monoisotopic (exact) mass is 350 g/mol. The Kier molecular flexibility index (Phi) is 6.30. The summed E-state index contributed by atoms with van der Waals surface area (Å²) < 4.78 is 0. The molecule has 1 saturated heterocycles. The molecule has 1 aromatic rings. The number of nitrogens with one attached hydrogen (secondary N) is 2. The number of aliphatic carboxylic acids is 1. The van der Waals surface area contributed by atoms with Crippen LogP contribution in [0.15, 0.2) is 10.9 Å². The van der Waals surface area contributed by atoms with E-state index in [1.165, 1.54) is 0 Å². The number of rotatable bonds is 7. The summed E-state index contributed by atoms with van der Waals surface area (Å²) in [5.74, 6) is -0.842. The third-order valence-electron chi connectivity index (χ3n) is 4.55. The molecule has 0 saturated carbocycles. The summed E-state index contributed by atoms with van der Waals surface area (Å²) in [6.07, 6.45) is 2.40. The Morgan fingerprint density at radius 2 is 2.08 bits per heavy atom. The largest absolute Gasteiger partial charge is 0.481 e. The van der Waals surface area contributed by atoms with Crippen LogP contribution in [-0.2, 0) is 11.2 Å². The second-order valence-electron chi connectivity index (χ2n) is 7.05. The molecule has 8 nitrogen and oxygen atoms in total. The van der Waals surface area contributed by atoms with Gasteiger partial charge in [0.15, 0.2) is 0 Å². The summed E-state index contributed by atoms with van der Waals surface area (Å²) in [5.41, 5.74) is 0.282. The highest BCUT2D eigenvalue weighted by Crippen LogP contribution is 2.24. The van der Waals surface area contributed by atoms with Crippen molar-refractivity contribution >= 4 is 11.9 Å². The zero-order valence-electron chi connectivity index (χ0n) is 14.9. The Labute approximate surface area is 146 Å². The van der Waals surface area contributed by atoms with Gasteiger partial charge in [-0.25, -0.2) is 4.79 Å². The second-order valence-corrected chi connectivity index (χ2v) is 7.05. The van der Waals surface area contributed by atoms with Gasteiger partial charge in [-0.1, -0.05) is 13.8 Å². The molecular weight excluding hydrogens is 324 g/mol. The van der Waals surface area contributed by atoms with Crippen molar-refractivity contribution < 1.29 is 14.7 Å². The van der Waals surface area contributed by atoms with Crippen LogP contribution in [0.25, 0.3) is 0 Å². The van der Waals surface area contributed by atoms with Gasteiger partial charge in [0.1, 0.15) is 5.69 Å². The van der Waals surface area contributed by atoms with Gasteiger partial charge in [-0.15, -0.1) is 0 Å². The van der Waals surface area contributed by atoms with Crippen molar-refractivity contribution in [2.45, 2.75) is 51.6 Å². The highest BCUT2D eigenvalue weighted by atomic mass is 16.4. The molecule has 1 aromatic heterocycles. The molecule has 1 aliphatic rings. The van der Waals surface area contributed by atoms with Crippen LogP contribution in [0.5, 0.6) is 0 Å². The van der Waals surface area contributed by atoms with E-state index >= 15 is 0 Å². The fourth-order valence-electron chi connectivity index (χ4n) is 3.26. The first-order valence-electron chi connectivity index (χ1n) is 8.58. The lowest BCUT2D eigenvalue weighted by Crippen LogP contribution is -2.42. The quantitative estimate of drug-likeness (QED) is 0.664. The lowest BCUT2D eigenvalue weighted by molar-refractivity contribution is -0.138. The van der Waals surface area contributed by atoms with Gasteiger partial charge in [0, 0.05) is 24.3 Å². The number of carboxylic acid groups (broad SMARTS) is 1. The van der Waals surface area contributed by atoms with E-state index in [9.17, 15) is 14.4 Å². The molecule has 0 aromatic carbocycles. The second kappa shape index (κ2) is 8.24. The number of hydrogen-bond acceptors (Lipinski definition) is 5. The number of aromatic amines is 1. The maximum Gasteiger partial charge on any atom is 0.345 e. The summed E-state index contributed by atoms with van der Waals surface area (Å²) in [7, 11) is 1.88. The van der Waals surface area contributed by atoms with Crippen molar-refractivity contribution in [2.75, 3.05) is 13.6 Å². The molecule has 0 aliphatic carbocycles. The lowest BCUT2D eigenvalue weighted by atomic mass is 10.1. The van der Waals surface area contributed by atoms with Crippen LogP contribution >= 0.6 is 0 Å². The Morgan fingerprint density at radius 1 is 1.40 bits per heavy atom. The standard InChI is InChI=1S/C17H26N4O4/c1-10(2)6-11-7-14(20-17(25)19-11)16(24)18-9-13-5-4-12(21(13)3)8-15(22)23/h7,10,12-13H,4-6,8-9H2,1-3H3,(H,18,24)(H,22,23)(H,19,20,25)/t12-,13+/m1/s1. The Bertz CT molecular complexity index is 685. The number of carbonyl (C=O) groups is 2. The summed E-state index contributed by atoms with van der Waals surface area (Å²) in [5, 5.41) is 11.7. The van der Waals surface area contributed by atoms with Crippen LogP contribution in [0.1, 0.15) is 49.3 Å². The molecule has 2 heterocycles. The van der Waals surface area contributed by atoms with Gasteiger partial charge < -0.3 is 15.4 Å². The number of carbonyl (C=O) groups excluding carboxylic acids is 1. The fourth-order valence-corrected chi connectivity index (χ4v) is 3.26. The van der Waals surface area contributed by atoms with E-state index in [0.717, 1.165) is 12.8 Å². The van der Waals surface area contributed by atoms with E-state index in [-0.39, 0.29) is 30.1 Å². The molecule has 0 spiro atoms. The van der Waals surface area contributed by atoms with Gasteiger partial charge in [-0.2, -0.15) is 4.98 Å². The number of H-pyrrole nitrogens is 1. The summed E-state index contributed by atoms with van der Waals surface area (Å²) >= 11 is 0. The average molecular weight is 350 g/mol. The molecule has 0 unspecified atom stereocenters. The minimum absolute atomic E-state index is 0.00487. The van der Waals surface area contributed by atoms with Crippen LogP contribution in [0.4, 0.5) is 0 Å². The molecule has 3 N–H and O–H groups in total. The van der Waals surface area contributed by atoms with Crippen LogP contribution in [0.2, 0.25) is 0 Å². The van der Waals surface area contributed by atoms with Crippen LogP contribution in [0.3, 0.4) is 0 Å². The first kappa shape index (κ1) is 19.1. The van der Waals surface area contributed by atoms with E-state index in [2.05, 4.69) is 15.3 Å². The molecular formula is C17H26N4O4. The van der Waals surface area contributed by atoms with Gasteiger partial charge in [0.25, 0.3) is 5.91 Å². The molecule has 1 amide bonds. The number of aromatic nitrogens is 2. The number of nitrogens with zero attached hydrogens (tertiary/aromatic N) is 2. The van der Waals surface area contributed by atoms with E-state index in [1.54, 1.807) is 6.07 Å². The highest BCUT2D eigenvalue weighted by molar-refractivity contribution is 5.92. The minimum atomic E-state index is -0.813. The van der Waals surface area contributed by atoms with Crippen molar-refractivity contribution in [2.24, 2.45) is 5.92 Å². The average Bonchev–Trinajstić information content (AvgIpc) is 2.83. The maximum atomic E-state index is 12.3. The number of hydrogen-bond donors (Lipinski definition) is 3. The molecule has 138 valence electrons. The van der Waals surface area contributed by atoms with Crippen LogP contribution < -0.4 is 11.0 Å².